The molecule has 0 aliphatic carbocycles. The molecule has 0 bridgehead atoms. The molecular formula is C19H18BrNO4. The minimum absolute atomic E-state index is 0.162. The topological polar surface area (TPSA) is 55.8 Å². The van der Waals surface area contributed by atoms with Gasteiger partial charge in [-0.2, -0.15) is 0 Å². The molecule has 25 heavy (non-hydrogen) atoms. The maximum absolute atomic E-state index is 12.6. The molecule has 6 heteroatoms. The van der Waals surface area contributed by atoms with Gasteiger partial charge in [-0.25, -0.2) is 9.59 Å². The number of methoxy groups -OCH3 is 1. The second kappa shape index (κ2) is 7.70. The Hall–Kier alpha value is -2.34. The Labute approximate surface area is 154 Å². The van der Waals surface area contributed by atoms with Gasteiger partial charge in [-0.3, -0.25) is 4.90 Å². The smallest absolute Gasteiger partial charge is 0.411 e. The number of hydrogen-bond acceptors (Lipinski definition) is 4. The van der Waals surface area contributed by atoms with Gasteiger partial charge in [-0.15, -0.1) is 0 Å². The summed E-state index contributed by atoms with van der Waals surface area (Å²) in [6.07, 6.45) is -0.111. The largest absolute Gasteiger partial charge is 0.467 e. The normalized spacial score (nSPS) is 16.1. The third kappa shape index (κ3) is 4.02. The van der Waals surface area contributed by atoms with Crippen molar-refractivity contribution in [2.75, 3.05) is 7.11 Å². The van der Waals surface area contributed by atoms with Crippen molar-refractivity contribution in [2.24, 2.45) is 0 Å². The molecule has 0 N–H and O–H groups in total. The molecule has 0 aromatic heterocycles. The maximum Gasteiger partial charge on any atom is 0.411 e. The third-order valence-corrected chi connectivity index (χ3v) is 4.70. The predicted octanol–water partition coefficient (Wildman–Crippen LogP) is 3.69. The standard InChI is InChI=1S/C19H18BrNO4/c1-24-18(22)17-10-14-7-8-16(20)9-15(14)11-21(17)19(23)25-12-13-5-3-2-4-6-13/h2-9,17H,10-12H2,1H3/t17-/m1/s1. The number of ether oxygens (including phenoxy) is 2. The monoisotopic (exact) mass is 403 g/mol. The van der Waals surface area contributed by atoms with Crippen LogP contribution in [0.3, 0.4) is 0 Å². The Balaban J connectivity index is 1.78. The van der Waals surface area contributed by atoms with Gasteiger partial charge >= 0.3 is 12.1 Å². The highest BCUT2D eigenvalue weighted by Crippen LogP contribution is 2.27. The van der Waals surface area contributed by atoms with Crippen LogP contribution in [0.25, 0.3) is 0 Å². The van der Waals surface area contributed by atoms with E-state index in [0.717, 1.165) is 21.2 Å². The summed E-state index contributed by atoms with van der Waals surface area (Å²) in [5, 5.41) is 0. The molecule has 1 heterocycles. The van der Waals surface area contributed by atoms with Crippen molar-refractivity contribution in [3.8, 4) is 0 Å². The lowest BCUT2D eigenvalue weighted by Crippen LogP contribution is -2.49. The summed E-state index contributed by atoms with van der Waals surface area (Å²) in [4.78, 5) is 26.2. The average Bonchev–Trinajstić information content (AvgIpc) is 2.65. The van der Waals surface area contributed by atoms with Crippen LogP contribution in [-0.4, -0.2) is 30.1 Å². The molecule has 0 saturated heterocycles. The number of nitrogens with zero attached hydrogens (tertiary/aromatic N) is 1. The number of hydrogen-bond donors (Lipinski definition) is 0. The zero-order valence-corrected chi connectivity index (χ0v) is 15.4. The number of carbonyl (C=O) groups excluding carboxylic acids is 2. The van der Waals surface area contributed by atoms with Crippen molar-refractivity contribution < 1.29 is 19.1 Å². The van der Waals surface area contributed by atoms with E-state index < -0.39 is 18.1 Å². The van der Waals surface area contributed by atoms with Gasteiger partial charge in [0.15, 0.2) is 0 Å². The number of fused-ring (bicyclic) bond motifs is 1. The molecule has 0 saturated carbocycles. The predicted molar refractivity (Wildman–Crippen MR) is 95.8 cm³/mol. The Morgan fingerprint density at radius 2 is 1.92 bits per heavy atom. The number of esters is 1. The molecule has 1 atom stereocenters. The Kier molecular flexibility index (Phi) is 5.38. The lowest BCUT2D eigenvalue weighted by atomic mass is 9.94. The first-order valence-electron chi connectivity index (χ1n) is 7.91. The van der Waals surface area contributed by atoms with Crippen LogP contribution in [0.15, 0.2) is 53.0 Å². The van der Waals surface area contributed by atoms with E-state index in [-0.39, 0.29) is 6.61 Å². The highest BCUT2D eigenvalue weighted by Gasteiger charge is 2.36. The van der Waals surface area contributed by atoms with Crippen molar-refractivity contribution in [2.45, 2.75) is 25.6 Å². The van der Waals surface area contributed by atoms with Crippen LogP contribution in [0.1, 0.15) is 16.7 Å². The van der Waals surface area contributed by atoms with Crippen LogP contribution in [0.4, 0.5) is 4.79 Å². The molecule has 1 aliphatic heterocycles. The van der Waals surface area contributed by atoms with Gasteiger partial charge in [0.2, 0.25) is 0 Å². The first kappa shape index (κ1) is 17.5. The maximum atomic E-state index is 12.6. The SMILES string of the molecule is COC(=O)[C@H]1Cc2ccc(Br)cc2CN1C(=O)OCc1ccccc1. The quantitative estimate of drug-likeness (QED) is 0.733. The van der Waals surface area contributed by atoms with E-state index in [9.17, 15) is 9.59 Å². The van der Waals surface area contributed by atoms with Gasteiger partial charge < -0.3 is 9.47 Å². The highest BCUT2D eigenvalue weighted by molar-refractivity contribution is 9.10. The van der Waals surface area contributed by atoms with Gasteiger partial charge in [-0.05, 0) is 28.8 Å². The zero-order valence-electron chi connectivity index (χ0n) is 13.8. The van der Waals surface area contributed by atoms with Crippen LogP contribution >= 0.6 is 15.9 Å². The number of benzene rings is 2. The van der Waals surface area contributed by atoms with Gasteiger partial charge in [0, 0.05) is 10.9 Å². The summed E-state index contributed by atoms with van der Waals surface area (Å²) in [7, 11) is 1.33. The molecule has 2 aromatic carbocycles. The number of carbonyl (C=O) groups is 2. The highest BCUT2D eigenvalue weighted by atomic mass is 79.9. The first-order valence-corrected chi connectivity index (χ1v) is 8.70. The van der Waals surface area contributed by atoms with Crippen LogP contribution in [-0.2, 0) is 33.8 Å². The fraction of sp³-hybridized carbons (Fsp3) is 0.263. The lowest BCUT2D eigenvalue weighted by Gasteiger charge is -2.34. The number of amides is 1. The lowest BCUT2D eigenvalue weighted by molar-refractivity contribution is -0.147. The van der Waals surface area contributed by atoms with Gasteiger partial charge in [0.25, 0.3) is 0 Å². The van der Waals surface area contributed by atoms with E-state index >= 15 is 0 Å². The summed E-state index contributed by atoms with van der Waals surface area (Å²) in [6, 6.07) is 14.6. The second-order valence-corrected chi connectivity index (χ2v) is 6.74. The van der Waals surface area contributed by atoms with Crippen molar-refractivity contribution in [3.05, 3.63) is 69.7 Å². The Morgan fingerprint density at radius 1 is 1.16 bits per heavy atom. The molecule has 1 amide bonds. The van der Waals surface area contributed by atoms with Crippen molar-refractivity contribution in [1.29, 1.82) is 0 Å². The van der Waals surface area contributed by atoms with Crippen molar-refractivity contribution >= 4 is 28.0 Å². The molecule has 5 nitrogen and oxygen atoms in total. The summed E-state index contributed by atoms with van der Waals surface area (Å²) >= 11 is 3.44. The second-order valence-electron chi connectivity index (χ2n) is 5.82. The van der Waals surface area contributed by atoms with E-state index in [4.69, 9.17) is 9.47 Å². The number of halogens is 1. The Morgan fingerprint density at radius 3 is 2.64 bits per heavy atom. The third-order valence-electron chi connectivity index (χ3n) is 4.21. The molecule has 1 aliphatic rings. The van der Waals surface area contributed by atoms with E-state index in [1.807, 2.05) is 48.5 Å². The summed E-state index contributed by atoms with van der Waals surface area (Å²) in [5.41, 5.74) is 2.92. The van der Waals surface area contributed by atoms with Crippen LogP contribution < -0.4 is 0 Å². The van der Waals surface area contributed by atoms with E-state index in [0.29, 0.717) is 13.0 Å². The minimum atomic E-state index is -0.679. The van der Waals surface area contributed by atoms with Gasteiger partial charge in [-0.1, -0.05) is 52.3 Å². The first-order chi connectivity index (χ1) is 12.1. The minimum Gasteiger partial charge on any atom is -0.467 e. The van der Waals surface area contributed by atoms with Crippen LogP contribution in [0, 0.1) is 0 Å². The van der Waals surface area contributed by atoms with Crippen LogP contribution in [0.5, 0.6) is 0 Å². The molecule has 0 spiro atoms. The molecule has 2 aromatic rings. The fourth-order valence-electron chi connectivity index (χ4n) is 2.89. The molecule has 0 unspecified atom stereocenters. The van der Waals surface area contributed by atoms with Crippen LogP contribution in [0.2, 0.25) is 0 Å². The number of rotatable bonds is 3. The molecule has 3 rings (SSSR count). The van der Waals surface area contributed by atoms with Crippen molar-refractivity contribution in [1.82, 2.24) is 4.90 Å². The average molecular weight is 404 g/mol. The molecule has 0 fully saturated rings. The van der Waals surface area contributed by atoms with Crippen molar-refractivity contribution in [3.63, 3.8) is 0 Å². The van der Waals surface area contributed by atoms with E-state index in [2.05, 4.69) is 15.9 Å². The molecular weight excluding hydrogens is 386 g/mol. The Bertz CT molecular complexity index is 778. The van der Waals surface area contributed by atoms with Gasteiger partial charge in [0.05, 0.1) is 13.7 Å². The summed E-state index contributed by atoms with van der Waals surface area (Å²) < 4.78 is 11.2. The summed E-state index contributed by atoms with van der Waals surface area (Å²) in [5.74, 6) is -0.440. The molecule has 130 valence electrons. The zero-order chi connectivity index (χ0) is 17.8. The van der Waals surface area contributed by atoms with E-state index in [1.165, 1.54) is 12.0 Å². The van der Waals surface area contributed by atoms with E-state index in [1.54, 1.807) is 0 Å². The fourth-order valence-corrected chi connectivity index (χ4v) is 3.30. The molecule has 0 radical (unpaired) electrons. The summed E-state index contributed by atoms with van der Waals surface area (Å²) in [6.45, 7) is 0.470. The van der Waals surface area contributed by atoms with Gasteiger partial charge in [0.1, 0.15) is 12.6 Å².